The summed E-state index contributed by atoms with van der Waals surface area (Å²) in [6, 6.07) is 8.17. The first-order valence-electron chi connectivity index (χ1n) is 7.34. The molecule has 0 radical (unpaired) electrons. The number of hydrogen-bond acceptors (Lipinski definition) is 3. The average molecular weight is 275 g/mol. The quantitative estimate of drug-likeness (QED) is 0.916. The molecule has 4 nitrogen and oxygen atoms in total. The number of amides is 1. The van der Waals surface area contributed by atoms with Gasteiger partial charge in [-0.3, -0.25) is 4.79 Å². The molecule has 1 aliphatic heterocycles. The van der Waals surface area contributed by atoms with E-state index in [1.54, 1.807) is 0 Å². The number of nitrogens with zero attached hydrogens (tertiary/aromatic N) is 2. The standard InChI is InChI=1S/C16H25N3O/c1-13-8-10-19(11-9-13)15-6-4-14(5-7-15)17-16(20)12-18(2)3/h4-7,13H,8-12H2,1-3H3,(H,17,20). The van der Waals surface area contributed by atoms with E-state index in [0.717, 1.165) is 24.7 Å². The lowest BCUT2D eigenvalue weighted by atomic mass is 9.99. The fourth-order valence-electron chi connectivity index (χ4n) is 2.51. The third kappa shape index (κ3) is 4.23. The maximum atomic E-state index is 11.7. The highest BCUT2D eigenvalue weighted by Gasteiger charge is 2.15. The molecule has 0 unspecified atom stereocenters. The molecule has 110 valence electrons. The molecule has 1 aromatic rings. The van der Waals surface area contributed by atoms with Crippen molar-refractivity contribution in [2.75, 3.05) is 43.9 Å². The Morgan fingerprint density at radius 2 is 1.85 bits per heavy atom. The molecule has 2 rings (SSSR count). The molecule has 0 bridgehead atoms. The summed E-state index contributed by atoms with van der Waals surface area (Å²) in [5.74, 6) is 0.866. The number of hydrogen-bond donors (Lipinski definition) is 1. The summed E-state index contributed by atoms with van der Waals surface area (Å²) in [5, 5.41) is 2.91. The summed E-state index contributed by atoms with van der Waals surface area (Å²) in [7, 11) is 3.78. The molecule has 1 heterocycles. The highest BCUT2D eigenvalue weighted by Crippen LogP contribution is 2.24. The molecule has 0 spiro atoms. The Labute approximate surface area is 121 Å². The second-order valence-corrected chi connectivity index (χ2v) is 6.00. The average Bonchev–Trinajstić information content (AvgIpc) is 2.39. The van der Waals surface area contributed by atoms with Crippen LogP contribution in [0.2, 0.25) is 0 Å². The minimum atomic E-state index is 0.0227. The summed E-state index contributed by atoms with van der Waals surface area (Å²) in [5.41, 5.74) is 2.12. The molecule has 1 aromatic carbocycles. The van der Waals surface area contributed by atoms with Crippen molar-refractivity contribution in [2.24, 2.45) is 5.92 Å². The fourth-order valence-corrected chi connectivity index (χ4v) is 2.51. The first kappa shape index (κ1) is 14.9. The van der Waals surface area contributed by atoms with Gasteiger partial charge in [-0.05, 0) is 57.1 Å². The van der Waals surface area contributed by atoms with Crippen LogP contribution in [0, 0.1) is 5.92 Å². The molecule has 0 aromatic heterocycles. The van der Waals surface area contributed by atoms with Crippen molar-refractivity contribution in [2.45, 2.75) is 19.8 Å². The van der Waals surface area contributed by atoms with E-state index >= 15 is 0 Å². The number of carbonyl (C=O) groups excluding carboxylic acids is 1. The predicted octanol–water partition coefficient (Wildman–Crippen LogP) is 2.42. The first-order chi connectivity index (χ1) is 9.54. The molecule has 1 amide bonds. The highest BCUT2D eigenvalue weighted by molar-refractivity contribution is 5.92. The van der Waals surface area contributed by atoms with E-state index in [9.17, 15) is 4.79 Å². The first-order valence-corrected chi connectivity index (χ1v) is 7.34. The Morgan fingerprint density at radius 1 is 1.25 bits per heavy atom. The normalized spacial score (nSPS) is 16.5. The Balaban J connectivity index is 1.91. The van der Waals surface area contributed by atoms with Crippen molar-refractivity contribution in [3.63, 3.8) is 0 Å². The molecule has 0 saturated carbocycles. The molecule has 0 aliphatic carbocycles. The van der Waals surface area contributed by atoms with Crippen molar-refractivity contribution in [3.8, 4) is 0 Å². The Kier molecular flexibility index (Phi) is 5.01. The Bertz CT molecular complexity index is 434. The summed E-state index contributed by atoms with van der Waals surface area (Å²) < 4.78 is 0. The third-order valence-electron chi connectivity index (χ3n) is 3.76. The van der Waals surface area contributed by atoms with Gasteiger partial charge in [0.05, 0.1) is 6.54 Å². The van der Waals surface area contributed by atoms with Crippen LogP contribution in [0.25, 0.3) is 0 Å². The van der Waals surface area contributed by atoms with E-state index in [0.29, 0.717) is 6.54 Å². The number of carbonyl (C=O) groups is 1. The van der Waals surface area contributed by atoms with Crippen LogP contribution in [0.4, 0.5) is 11.4 Å². The van der Waals surface area contributed by atoms with Gasteiger partial charge in [-0.25, -0.2) is 0 Å². The zero-order valence-corrected chi connectivity index (χ0v) is 12.7. The number of anilines is 2. The molecule has 20 heavy (non-hydrogen) atoms. The van der Waals surface area contributed by atoms with E-state index < -0.39 is 0 Å². The van der Waals surface area contributed by atoms with Gasteiger partial charge in [0.2, 0.25) is 5.91 Å². The maximum Gasteiger partial charge on any atom is 0.238 e. The van der Waals surface area contributed by atoms with Gasteiger partial charge >= 0.3 is 0 Å². The van der Waals surface area contributed by atoms with Crippen LogP contribution >= 0.6 is 0 Å². The van der Waals surface area contributed by atoms with Gasteiger partial charge in [-0.15, -0.1) is 0 Å². The number of benzene rings is 1. The van der Waals surface area contributed by atoms with Crippen molar-refractivity contribution < 1.29 is 4.79 Å². The third-order valence-corrected chi connectivity index (χ3v) is 3.76. The molecule has 0 atom stereocenters. The van der Waals surface area contributed by atoms with Crippen molar-refractivity contribution in [1.29, 1.82) is 0 Å². The number of rotatable bonds is 4. The number of nitrogens with one attached hydrogen (secondary N) is 1. The minimum Gasteiger partial charge on any atom is -0.372 e. The SMILES string of the molecule is CC1CCN(c2ccc(NC(=O)CN(C)C)cc2)CC1. The van der Waals surface area contributed by atoms with Gasteiger partial charge in [0.1, 0.15) is 0 Å². The van der Waals surface area contributed by atoms with Crippen LogP contribution in [0.5, 0.6) is 0 Å². The van der Waals surface area contributed by atoms with Crippen LogP contribution in [-0.2, 0) is 4.79 Å². The smallest absolute Gasteiger partial charge is 0.238 e. The van der Waals surface area contributed by atoms with E-state index in [2.05, 4.69) is 29.3 Å². The van der Waals surface area contributed by atoms with Gasteiger partial charge < -0.3 is 15.1 Å². The van der Waals surface area contributed by atoms with Gasteiger partial charge in [0, 0.05) is 24.5 Å². The van der Waals surface area contributed by atoms with E-state index in [-0.39, 0.29) is 5.91 Å². The van der Waals surface area contributed by atoms with Gasteiger partial charge in [-0.2, -0.15) is 0 Å². The predicted molar refractivity (Wildman–Crippen MR) is 84.2 cm³/mol. The molecule has 1 aliphatic rings. The van der Waals surface area contributed by atoms with Crippen LogP contribution in [0.15, 0.2) is 24.3 Å². The van der Waals surface area contributed by atoms with Crippen molar-refractivity contribution in [3.05, 3.63) is 24.3 Å². The Morgan fingerprint density at radius 3 is 2.40 bits per heavy atom. The summed E-state index contributed by atoms with van der Waals surface area (Å²) >= 11 is 0. The van der Waals surface area contributed by atoms with Crippen LogP contribution in [0.3, 0.4) is 0 Å². The summed E-state index contributed by atoms with van der Waals surface area (Å²) in [6.07, 6.45) is 2.53. The lowest BCUT2D eigenvalue weighted by molar-refractivity contribution is -0.116. The lowest BCUT2D eigenvalue weighted by Crippen LogP contribution is -2.32. The van der Waals surface area contributed by atoms with Gasteiger partial charge in [0.15, 0.2) is 0 Å². The molecular formula is C16H25N3O. The van der Waals surface area contributed by atoms with Crippen LogP contribution < -0.4 is 10.2 Å². The van der Waals surface area contributed by atoms with E-state index in [4.69, 9.17) is 0 Å². The van der Waals surface area contributed by atoms with Crippen LogP contribution in [-0.4, -0.2) is 44.5 Å². The number of likely N-dealkylation sites (N-methyl/N-ethyl adjacent to an activating group) is 1. The van der Waals surface area contributed by atoms with Crippen LogP contribution in [0.1, 0.15) is 19.8 Å². The molecule has 1 saturated heterocycles. The second kappa shape index (κ2) is 6.75. The van der Waals surface area contributed by atoms with Crippen molar-refractivity contribution in [1.82, 2.24) is 4.90 Å². The molecule has 1 fully saturated rings. The van der Waals surface area contributed by atoms with Crippen molar-refractivity contribution >= 4 is 17.3 Å². The second-order valence-electron chi connectivity index (χ2n) is 6.00. The maximum absolute atomic E-state index is 11.7. The van der Waals surface area contributed by atoms with E-state index in [1.165, 1.54) is 18.5 Å². The lowest BCUT2D eigenvalue weighted by Gasteiger charge is -2.32. The highest BCUT2D eigenvalue weighted by atomic mass is 16.2. The molecule has 1 N–H and O–H groups in total. The summed E-state index contributed by atoms with van der Waals surface area (Å²) in [4.78, 5) is 16.0. The fraction of sp³-hybridized carbons (Fsp3) is 0.562. The zero-order valence-electron chi connectivity index (χ0n) is 12.7. The topological polar surface area (TPSA) is 35.6 Å². The molecular weight excluding hydrogens is 250 g/mol. The Hall–Kier alpha value is -1.55. The zero-order chi connectivity index (χ0) is 14.5. The molecule has 4 heteroatoms. The van der Waals surface area contributed by atoms with Gasteiger partial charge in [-0.1, -0.05) is 6.92 Å². The summed E-state index contributed by atoms with van der Waals surface area (Å²) in [6.45, 7) is 4.99. The monoisotopic (exact) mass is 275 g/mol. The van der Waals surface area contributed by atoms with Gasteiger partial charge in [0.25, 0.3) is 0 Å². The number of piperidine rings is 1. The van der Waals surface area contributed by atoms with E-state index in [1.807, 2.05) is 31.1 Å². The largest absolute Gasteiger partial charge is 0.372 e. The minimum absolute atomic E-state index is 0.0227.